The molecule has 0 saturated carbocycles. The zero-order chi connectivity index (χ0) is 22.2. The third-order valence-electron chi connectivity index (χ3n) is 5.51. The second-order valence-corrected chi connectivity index (χ2v) is 8.70. The number of thioether (sulfide) groups is 1. The van der Waals surface area contributed by atoms with E-state index in [9.17, 15) is 9.59 Å². The number of nitrogens with one attached hydrogen (secondary N) is 3. The Labute approximate surface area is 188 Å². The molecule has 10 heteroatoms. The van der Waals surface area contributed by atoms with Crippen LogP contribution in [0.25, 0.3) is 22.1 Å². The number of rotatable bonds is 5. The molecule has 32 heavy (non-hydrogen) atoms. The number of allylic oxidation sites excluding steroid dienone is 3. The maximum absolute atomic E-state index is 12.4. The summed E-state index contributed by atoms with van der Waals surface area (Å²) in [7, 11) is 0. The van der Waals surface area contributed by atoms with Crippen molar-refractivity contribution in [3.63, 3.8) is 0 Å². The van der Waals surface area contributed by atoms with Crippen molar-refractivity contribution in [3.8, 4) is 0 Å². The van der Waals surface area contributed by atoms with Crippen molar-refractivity contribution in [1.82, 2.24) is 35.9 Å². The number of aromatic amines is 1. The lowest BCUT2D eigenvalue weighted by atomic mass is 9.96. The van der Waals surface area contributed by atoms with E-state index in [0.717, 1.165) is 33.4 Å². The number of H-pyrrole nitrogens is 1. The molecule has 2 aliphatic rings. The van der Waals surface area contributed by atoms with Crippen molar-refractivity contribution in [3.05, 3.63) is 59.1 Å². The van der Waals surface area contributed by atoms with Crippen molar-refractivity contribution in [1.29, 1.82) is 0 Å². The van der Waals surface area contributed by atoms with Gasteiger partial charge >= 0.3 is 0 Å². The normalized spacial score (nSPS) is 16.4. The standard InChI is InChI=1S/C22H21N7O2S/c1-12-7-15(30)8-18(13(12)2)29-10-14(9-23-29)24-19(31)11-32-22-26-21-20(27-28-22)16-5-3-4-6-17(16)25-21/h3-6,8-9,23H,7,10-11H2,1-2H3,(H,24,31)(H,25,26,28). The number of amides is 1. The molecule has 3 aromatic rings. The van der Waals surface area contributed by atoms with Gasteiger partial charge in [0.25, 0.3) is 0 Å². The Morgan fingerprint density at radius 1 is 1.25 bits per heavy atom. The van der Waals surface area contributed by atoms with Gasteiger partial charge in [-0.3, -0.25) is 14.6 Å². The number of fused-ring (bicyclic) bond motifs is 3. The number of ketones is 1. The molecule has 162 valence electrons. The minimum absolute atomic E-state index is 0.0827. The molecule has 1 amide bonds. The van der Waals surface area contributed by atoms with Crippen LogP contribution < -0.4 is 10.7 Å². The lowest BCUT2D eigenvalue weighted by Crippen LogP contribution is -2.34. The van der Waals surface area contributed by atoms with Gasteiger partial charge in [-0.15, -0.1) is 10.2 Å². The zero-order valence-electron chi connectivity index (χ0n) is 17.6. The Bertz CT molecular complexity index is 1350. The number of carbonyl (C=O) groups excluding carboxylic acids is 2. The van der Waals surface area contributed by atoms with Gasteiger partial charge in [-0.1, -0.05) is 35.5 Å². The summed E-state index contributed by atoms with van der Waals surface area (Å²) in [5.41, 5.74) is 9.12. The van der Waals surface area contributed by atoms with Crippen molar-refractivity contribution in [2.24, 2.45) is 0 Å². The predicted octanol–water partition coefficient (Wildman–Crippen LogP) is 2.57. The molecule has 3 heterocycles. The third kappa shape index (κ3) is 3.84. The monoisotopic (exact) mass is 447 g/mol. The van der Waals surface area contributed by atoms with E-state index < -0.39 is 0 Å². The van der Waals surface area contributed by atoms with Gasteiger partial charge in [-0.25, -0.2) is 4.98 Å². The van der Waals surface area contributed by atoms with E-state index in [1.54, 1.807) is 12.3 Å². The lowest BCUT2D eigenvalue weighted by Gasteiger charge is -2.26. The van der Waals surface area contributed by atoms with Gasteiger partial charge in [-0.05, 0) is 25.5 Å². The average molecular weight is 448 g/mol. The summed E-state index contributed by atoms with van der Waals surface area (Å²) in [5.74, 6) is 0.0750. The van der Waals surface area contributed by atoms with Crippen LogP contribution in [-0.2, 0) is 9.59 Å². The second-order valence-electron chi connectivity index (χ2n) is 7.76. The lowest BCUT2D eigenvalue weighted by molar-refractivity contribution is -0.118. The van der Waals surface area contributed by atoms with E-state index in [4.69, 9.17) is 0 Å². The topological polar surface area (TPSA) is 116 Å². The Kier molecular flexibility index (Phi) is 5.14. The van der Waals surface area contributed by atoms with Crippen LogP contribution in [0.1, 0.15) is 20.3 Å². The summed E-state index contributed by atoms with van der Waals surface area (Å²) in [6.07, 6.45) is 3.84. The maximum atomic E-state index is 12.4. The first kappa shape index (κ1) is 20.3. The fourth-order valence-corrected chi connectivity index (χ4v) is 4.35. The maximum Gasteiger partial charge on any atom is 0.234 e. The molecule has 3 N–H and O–H groups in total. The number of benzene rings is 1. The van der Waals surface area contributed by atoms with Crippen LogP contribution in [0.5, 0.6) is 0 Å². The molecule has 0 atom stereocenters. The molecular formula is C22H21N7O2S. The molecule has 2 aromatic heterocycles. The fraction of sp³-hybridized carbons (Fsp3) is 0.227. The number of para-hydroxylation sites is 1. The van der Waals surface area contributed by atoms with Crippen LogP contribution in [0.15, 0.2) is 64.2 Å². The van der Waals surface area contributed by atoms with Crippen LogP contribution in [-0.4, -0.2) is 49.2 Å². The van der Waals surface area contributed by atoms with Crippen LogP contribution in [0.2, 0.25) is 0 Å². The SMILES string of the molecule is CC1=C(C)C(N2CC(NC(=O)CSc3nnc4c(n3)[nH]c3ccccc34)=CN2)=CC(=O)C1. The minimum Gasteiger partial charge on any atom is -0.338 e. The molecule has 1 aliphatic heterocycles. The van der Waals surface area contributed by atoms with Crippen molar-refractivity contribution in [2.75, 3.05) is 12.3 Å². The first-order valence-electron chi connectivity index (χ1n) is 10.2. The zero-order valence-corrected chi connectivity index (χ0v) is 18.4. The first-order valence-corrected chi connectivity index (χ1v) is 11.1. The summed E-state index contributed by atoms with van der Waals surface area (Å²) in [6.45, 7) is 4.42. The number of hydrazine groups is 1. The van der Waals surface area contributed by atoms with E-state index in [0.29, 0.717) is 29.3 Å². The van der Waals surface area contributed by atoms with Crippen molar-refractivity contribution < 1.29 is 9.59 Å². The van der Waals surface area contributed by atoms with Crippen LogP contribution in [0.3, 0.4) is 0 Å². The molecule has 0 fully saturated rings. The predicted molar refractivity (Wildman–Crippen MR) is 122 cm³/mol. The van der Waals surface area contributed by atoms with Gasteiger partial charge in [0.1, 0.15) is 5.52 Å². The van der Waals surface area contributed by atoms with E-state index in [1.807, 2.05) is 43.1 Å². The molecule has 0 bridgehead atoms. The van der Waals surface area contributed by atoms with E-state index in [2.05, 4.69) is 30.9 Å². The highest BCUT2D eigenvalue weighted by molar-refractivity contribution is 7.99. The van der Waals surface area contributed by atoms with E-state index in [1.165, 1.54) is 11.8 Å². The number of hydrogen-bond donors (Lipinski definition) is 3. The molecule has 1 aliphatic carbocycles. The highest BCUT2D eigenvalue weighted by Gasteiger charge is 2.24. The number of aromatic nitrogens is 4. The van der Waals surface area contributed by atoms with Gasteiger partial charge in [0.05, 0.1) is 23.7 Å². The van der Waals surface area contributed by atoms with Gasteiger partial charge < -0.3 is 15.7 Å². The Morgan fingerprint density at radius 2 is 2.09 bits per heavy atom. The average Bonchev–Trinajstić information content (AvgIpc) is 3.38. The van der Waals surface area contributed by atoms with Gasteiger partial charge in [-0.2, -0.15) is 0 Å². The van der Waals surface area contributed by atoms with E-state index >= 15 is 0 Å². The molecule has 0 saturated heterocycles. The molecule has 0 unspecified atom stereocenters. The summed E-state index contributed by atoms with van der Waals surface area (Å²) in [4.78, 5) is 32.1. The van der Waals surface area contributed by atoms with Gasteiger partial charge in [0.2, 0.25) is 11.1 Å². The minimum atomic E-state index is -0.164. The van der Waals surface area contributed by atoms with Crippen molar-refractivity contribution >= 4 is 45.5 Å². The largest absolute Gasteiger partial charge is 0.338 e. The molecule has 1 aromatic carbocycles. The second kappa shape index (κ2) is 8.12. The molecular weight excluding hydrogens is 426 g/mol. The molecule has 0 spiro atoms. The highest BCUT2D eigenvalue weighted by Crippen LogP contribution is 2.26. The van der Waals surface area contributed by atoms with Crippen LogP contribution >= 0.6 is 11.8 Å². The Hall–Kier alpha value is -3.66. The molecule has 0 radical (unpaired) electrons. The number of nitrogens with zero attached hydrogens (tertiary/aromatic N) is 4. The van der Waals surface area contributed by atoms with Crippen molar-refractivity contribution in [2.45, 2.75) is 25.4 Å². The number of carbonyl (C=O) groups is 2. The summed E-state index contributed by atoms with van der Waals surface area (Å²) < 4.78 is 0. The number of hydrogen-bond acceptors (Lipinski definition) is 8. The highest BCUT2D eigenvalue weighted by atomic mass is 32.2. The molecule has 9 nitrogen and oxygen atoms in total. The van der Waals surface area contributed by atoms with Gasteiger partial charge in [0.15, 0.2) is 11.4 Å². The quantitative estimate of drug-likeness (QED) is 0.511. The summed E-state index contributed by atoms with van der Waals surface area (Å²) >= 11 is 1.22. The summed E-state index contributed by atoms with van der Waals surface area (Å²) in [6, 6.07) is 7.82. The third-order valence-corrected chi connectivity index (χ3v) is 6.35. The Balaban J connectivity index is 1.19. The smallest absolute Gasteiger partial charge is 0.234 e. The summed E-state index contributed by atoms with van der Waals surface area (Å²) in [5, 5.41) is 14.6. The van der Waals surface area contributed by atoms with Crippen LogP contribution in [0.4, 0.5) is 0 Å². The Morgan fingerprint density at radius 3 is 2.97 bits per heavy atom. The molecule has 5 rings (SSSR count). The first-order chi connectivity index (χ1) is 15.5. The van der Waals surface area contributed by atoms with Gasteiger partial charge in [0, 0.05) is 29.6 Å². The van der Waals surface area contributed by atoms with E-state index in [-0.39, 0.29) is 17.4 Å². The fourth-order valence-electron chi connectivity index (χ4n) is 3.76. The van der Waals surface area contributed by atoms with Crippen LogP contribution in [0, 0.1) is 0 Å².